The van der Waals surface area contributed by atoms with Gasteiger partial charge in [0.15, 0.2) is 6.61 Å². The average molecular weight is 460 g/mol. The normalized spacial score (nSPS) is 12.4. The molecule has 2 aromatic carbocycles. The molecule has 0 amide bonds. The first kappa shape index (κ1) is 20.8. The number of halogens is 1. The Bertz CT molecular complexity index is 838. The molecule has 0 fully saturated rings. The summed E-state index contributed by atoms with van der Waals surface area (Å²) in [4.78, 5) is 11.2. The minimum atomic E-state index is -3.61. The number of sulfonamides is 1. The van der Waals surface area contributed by atoms with Gasteiger partial charge >= 0.3 is 5.97 Å². The van der Waals surface area contributed by atoms with Gasteiger partial charge in [0.1, 0.15) is 5.75 Å². The monoisotopic (exact) mass is 459 g/mol. The number of esters is 1. The molecule has 1 atom stereocenters. The van der Waals surface area contributed by atoms with E-state index in [0.29, 0.717) is 5.75 Å². The minimum Gasteiger partial charge on any atom is -0.482 e. The van der Waals surface area contributed by atoms with Crippen molar-refractivity contribution in [3.63, 3.8) is 0 Å². The Hall–Kier alpha value is -1.55. The summed E-state index contributed by atoms with van der Waals surface area (Å²) in [6.07, 6.45) is 0. The number of nitrogens with one attached hydrogen (secondary N) is 1. The number of methoxy groups -OCH3 is 1. The zero-order chi connectivity index (χ0) is 19.2. The molecule has 0 aromatic heterocycles. The van der Waals surface area contributed by atoms with Crippen molar-refractivity contribution in [2.45, 2.75) is 10.1 Å². The lowest BCUT2D eigenvalue weighted by Gasteiger charge is -2.14. The molecule has 1 unspecified atom stereocenters. The molecule has 0 saturated carbocycles. The molecule has 140 valence electrons. The van der Waals surface area contributed by atoms with Crippen molar-refractivity contribution in [2.75, 3.05) is 20.3 Å². The van der Waals surface area contributed by atoms with Crippen molar-refractivity contribution in [3.05, 3.63) is 58.6 Å². The number of hydrogen-bond donors (Lipinski definition) is 2. The van der Waals surface area contributed by atoms with Gasteiger partial charge in [-0.3, -0.25) is 0 Å². The fourth-order valence-corrected chi connectivity index (χ4v) is 3.69. The summed E-state index contributed by atoms with van der Waals surface area (Å²) in [5, 5.41) is -0.338. The first-order valence-electron chi connectivity index (χ1n) is 7.54. The van der Waals surface area contributed by atoms with Crippen molar-refractivity contribution < 1.29 is 22.7 Å². The summed E-state index contributed by atoms with van der Waals surface area (Å²) in [5.41, 5.74) is 0.817. The number of ether oxygens (including phenoxy) is 2. The standard InChI is InChI=1S/C17H18BrNO5S2/c1-23-17(20)11-24-14-6-2-12(3-7-14)16(25)10-19-26(21,22)15-8-4-13(18)5-9-15/h2-9,16,19,25H,10-11H2,1H3. The summed E-state index contributed by atoms with van der Waals surface area (Å²) in [6.45, 7) is -0.0446. The number of carbonyl (C=O) groups is 1. The Labute approximate surface area is 166 Å². The highest BCUT2D eigenvalue weighted by Gasteiger charge is 2.16. The van der Waals surface area contributed by atoms with E-state index in [4.69, 9.17) is 4.74 Å². The topological polar surface area (TPSA) is 81.7 Å². The molecule has 0 aliphatic rings. The SMILES string of the molecule is COC(=O)COc1ccc(C(S)CNS(=O)(=O)c2ccc(Br)cc2)cc1. The summed E-state index contributed by atoms with van der Waals surface area (Å²) >= 11 is 7.72. The van der Waals surface area contributed by atoms with Crippen LogP contribution in [-0.2, 0) is 19.6 Å². The van der Waals surface area contributed by atoms with Crippen LogP contribution in [0.5, 0.6) is 5.75 Å². The van der Waals surface area contributed by atoms with E-state index in [1.807, 2.05) is 0 Å². The maximum Gasteiger partial charge on any atom is 0.343 e. The van der Waals surface area contributed by atoms with Crippen LogP contribution in [0.4, 0.5) is 0 Å². The minimum absolute atomic E-state index is 0.129. The molecule has 9 heteroatoms. The maximum atomic E-state index is 12.3. The number of rotatable bonds is 8. The second kappa shape index (κ2) is 9.40. The third kappa shape index (κ3) is 6.01. The Morgan fingerprint density at radius 1 is 1.15 bits per heavy atom. The molecular weight excluding hydrogens is 442 g/mol. The van der Waals surface area contributed by atoms with E-state index in [1.54, 1.807) is 36.4 Å². The van der Waals surface area contributed by atoms with E-state index in [0.717, 1.165) is 10.0 Å². The van der Waals surface area contributed by atoms with Gasteiger partial charge in [0, 0.05) is 16.3 Å². The van der Waals surface area contributed by atoms with Crippen molar-refractivity contribution in [1.82, 2.24) is 4.72 Å². The Morgan fingerprint density at radius 2 is 1.77 bits per heavy atom. The van der Waals surface area contributed by atoms with E-state index in [-0.39, 0.29) is 23.3 Å². The van der Waals surface area contributed by atoms with Gasteiger partial charge in [-0.15, -0.1) is 0 Å². The quantitative estimate of drug-likeness (QED) is 0.468. The van der Waals surface area contributed by atoms with E-state index in [2.05, 4.69) is 38.0 Å². The number of thiol groups is 1. The van der Waals surface area contributed by atoms with Crippen molar-refractivity contribution >= 4 is 44.6 Å². The second-order valence-electron chi connectivity index (χ2n) is 5.26. The molecule has 0 radical (unpaired) electrons. The molecule has 0 aliphatic heterocycles. The summed E-state index contributed by atoms with van der Waals surface area (Å²) < 4.78 is 37.7. The lowest BCUT2D eigenvalue weighted by molar-refractivity contribution is -0.142. The van der Waals surface area contributed by atoms with Crippen molar-refractivity contribution in [2.24, 2.45) is 0 Å². The van der Waals surface area contributed by atoms with Gasteiger partial charge in [-0.2, -0.15) is 12.6 Å². The summed E-state index contributed by atoms with van der Waals surface area (Å²) in [7, 11) is -2.32. The van der Waals surface area contributed by atoms with Crippen LogP contribution in [0, 0.1) is 0 Å². The van der Waals surface area contributed by atoms with Crippen molar-refractivity contribution in [3.8, 4) is 5.75 Å². The Kier molecular flexibility index (Phi) is 7.51. The fraction of sp³-hybridized carbons (Fsp3) is 0.235. The second-order valence-corrected chi connectivity index (χ2v) is 8.56. The highest BCUT2D eigenvalue weighted by Crippen LogP contribution is 2.23. The first-order chi connectivity index (χ1) is 12.3. The smallest absolute Gasteiger partial charge is 0.343 e. The van der Waals surface area contributed by atoms with Gasteiger partial charge in [0.2, 0.25) is 10.0 Å². The number of carbonyl (C=O) groups excluding carboxylic acids is 1. The Morgan fingerprint density at radius 3 is 2.35 bits per heavy atom. The highest BCUT2D eigenvalue weighted by atomic mass is 79.9. The van der Waals surface area contributed by atoms with Gasteiger partial charge < -0.3 is 9.47 Å². The van der Waals surface area contributed by atoms with E-state index in [1.165, 1.54) is 19.2 Å². The lowest BCUT2D eigenvalue weighted by Crippen LogP contribution is -2.27. The van der Waals surface area contributed by atoms with Gasteiger partial charge in [0.25, 0.3) is 0 Å². The molecule has 1 N–H and O–H groups in total. The first-order valence-corrected chi connectivity index (χ1v) is 10.3. The molecule has 6 nitrogen and oxygen atoms in total. The van der Waals surface area contributed by atoms with Crippen LogP contribution in [0.15, 0.2) is 57.9 Å². The number of benzene rings is 2. The average Bonchev–Trinajstić information content (AvgIpc) is 2.65. The van der Waals surface area contributed by atoms with Gasteiger partial charge in [-0.05, 0) is 42.0 Å². The van der Waals surface area contributed by atoms with E-state index >= 15 is 0 Å². The highest BCUT2D eigenvalue weighted by molar-refractivity contribution is 9.10. The lowest BCUT2D eigenvalue weighted by atomic mass is 10.1. The van der Waals surface area contributed by atoms with Crippen LogP contribution in [0.25, 0.3) is 0 Å². The van der Waals surface area contributed by atoms with E-state index < -0.39 is 16.0 Å². The zero-order valence-electron chi connectivity index (χ0n) is 13.9. The van der Waals surface area contributed by atoms with Gasteiger partial charge in [-0.1, -0.05) is 28.1 Å². The zero-order valence-corrected chi connectivity index (χ0v) is 17.2. The van der Waals surface area contributed by atoms with Crippen LogP contribution in [-0.4, -0.2) is 34.6 Å². The predicted octanol–water partition coefficient (Wildman–Crippen LogP) is 2.95. The third-order valence-electron chi connectivity index (χ3n) is 3.44. The molecule has 2 aromatic rings. The van der Waals surface area contributed by atoms with Crippen LogP contribution >= 0.6 is 28.6 Å². The molecule has 0 heterocycles. The molecule has 0 spiro atoms. The summed E-state index contributed by atoms with van der Waals surface area (Å²) in [6, 6.07) is 13.3. The van der Waals surface area contributed by atoms with Crippen molar-refractivity contribution in [1.29, 1.82) is 0 Å². The number of hydrogen-bond acceptors (Lipinski definition) is 6. The largest absolute Gasteiger partial charge is 0.482 e. The van der Waals surface area contributed by atoms with Gasteiger partial charge in [0.05, 0.1) is 12.0 Å². The summed E-state index contributed by atoms with van der Waals surface area (Å²) in [5.74, 6) is 0.0404. The molecule has 26 heavy (non-hydrogen) atoms. The van der Waals surface area contributed by atoms with Crippen LogP contribution < -0.4 is 9.46 Å². The molecule has 0 aliphatic carbocycles. The van der Waals surface area contributed by atoms with Crippen LogP contribution in [0.3, 0.4) is 0 Å². The molecule has 2 rings (SSSR count). The molecular formula is C17H18BrNO5S2. The third-order valence-corrected chi connectivity index (χ3v) is 5.89. The van der Waals surface area contributed by atoms with E-state index in [9.17, 15) is 13.2 Å². The predicted molar refractivity (Wildman–Crippen MR) is 105 cm³/mol. The molecule has 0 bridgehead atoms. The van der Waals surface area contributed by atoms with Gasteiger partial charge in [-0.25, -0.2) is 17.9 Å². The fourth-order valence-electron chi connectivity index (χ4n) is 1.99. The van der Waals surface area contributed by atoms with Crippen LogP contribution in [0.1, 0.15) is 10.8 Å². The molecule has 0 saturated heterocycles. The van der Waals surface area contributed by atoms with Crippen LogP contribution in [0.2, 0.25) is 0 Å². The maximum absolute atomic E-state index is 12.3. The Balaban J connectivity index is 1.93.